The molecule has 4 aromatic rings. The van der Waals surface area contributed by atoms with E-state index in [-0.39, 0.29) is 24.6 Å². The van der Waals surface area contributed by atoms with Crippen molar-refractivity contribution in [3.8, 4) is 29.1 Å². The summed E-state index contributed by atoms with van der Waals surface area (Å²) in [7, 11) is 1.55. The summed E-state index contributed by atoms with van der Waals surface area (Å²) in [6.07, 6.45) is 1.79. The first kappa shape index (κ1) is 22.2. The normalized spacial score (nSPS) is 10.5. The summed E-state index contributed by atoms with van der Waals surface area (Å²) in [5.74, 6) is 1.64. The number of methoxy groups -OCH3 is 1. The van der Waals surface area contributed by atoms with Gasteiger partial charge in [0.2, 0.25) is 11.7 Å². The van der Waals surface area contributed by atoms with Crippen LogP contribution in [0.15, 0.2) is 82.6 Å². The topological polar surface area (TPSA) is 97.2 Å². The number of hydrogen-bond donors (Lipinski definition) is 0. The zero-order valence-corrected chi connectivity index (χ0v) is 18.7. The second kappa shape index (κ2) is 10.5. The van der Waals surface area contributed by atoms with Gasteiger partial charge in [-0.25, -0.2) is 0 Å². The van der Waals surface area contributed by atoms with Crippen molar-refractivity contribution in [1.82, 2.24) is 14.8 Å². The molecule has 0 spiro atoms. The number of benzene rings is 2. The Morgan fingerprint density at radius 2 is 1.91 bits per heavy atom. The Labute approximate surface area is 195 Å². The maximum Gasteiger partial charge on any atom is 0.237 e. The Balaban J connectivity index is 1.61. The molecule has 0 radical (unpaired) electrons. The smallest absolute Gasteiger partial charge is 0.237 e. The third-order valence-electron chi connectivity index (χ3n) is 4.84. The Kier molecular flexibility index (Phi) is 7.07. The van der Waals surface area contributed by atoms with Crippen LogP contribution in [0.3, 0.4) is 0 Å². The van der Waals surface area contributed by atoms with Crippen molar-refractivity contribution in [3.05, 3.63) is 73.0 Å². The molecule has 8 nitrogen and oxygen atoms in total. The SMILES string of the molecule is COc1ccccc1N(CCC#N)C(=O)CSc1nnc(-c2ccco2)n1-c1ccccc1. The number of nitrogens with zero attached hydrogens (tertiary/aromatic N) is 5. The number of rotatable bonds is 9. The molecule has 2 aromatic heterocycles. The average Bonchev–Trinajstić information content (AvgIpc) is 3.53. The number of thioether (sulfide) groups is 1. The highest BCUT2D eigenvalue weighted by Crippen LogP contribution is 2.31. The summed E-state index contributed by atoms with van der Waals surface area (Å²) in [6.45, 7) is 0.263. The van der Waals surface area contributed by atoms with Gasteiger partial charge in [-0.1, -0.05) is 42.1 Å². The number of ether oxygens (including phenoxy) is 1. The summed E-state index contributed by atoms with van der Waals surface area (Å²) in [5, 5.41) is 18.3. The molecule has 0 aliphatic rings. The predicted octanol–water partition coefficient (Wildman–Crippen LogP) is 4.57. The first-order chi connectivity index (χ1) is 16.2. The lowest BCUT2D eigenvalue weighted by atomic mass is 10.2. The van der Waals surface area contributed by atoms with E-state index in [4.69, 9.17) is 14.4 Å². The Morgan fingerprint density at radius 1 is 1.12 bits per heavy atom. The second-order valence-electron chi connectivity index (χ2n) is 6.87. The molecule has 0 unspecified atom stereocenters. The van der Waals surface area contributed by atoms with E-state index in [2.05, 4.69) is 16.3 Å². The highest BCUT2D eigenvalue weighted by molar-refractivity contribution is 7.99. The first-order valence-corrected chi connectivity index (χ1v) is 11.2. The van der Waals surface area contributed by atoms with Crippen LogP contribution in [0, 0.1) is 11.3 Å². The average molecular weight is 460 g/mol. The van der Waals surface area contributed by atoms with Crippen LogP contribution >= 0.6 is 11.8 Å². The van der Waals surface area contributed by atoms with Crippen LogP contribution in [0.2, 0.25) is 0 Å². The van der Waals surface area contributed by atoms with Gasteiger partial charge in [0.25, 0.3) is 0 Å². The lowest BCUT2D eigenvalue weighted by molar-refractivity contribution is -0.116. The third-order valence-corrected chi connectivity index (χ3v) is 5.75. The van der Waals surface area contributed by atoms with Crippen molar-refractivity contribution in [1.29, 1.82) is 5.26 Å². The number of aromatic nitrogens is 3. The van der Waals surface area contributed by atoms with Gasteiger partial charge in [0.15, 0.2) is 10.9 Å². The molecule has 2 aromatic carbocycles. The molecule has 0 atom stereocenters. The van der Waals surface area contributed by atoms with Crippen molar-refractivity contribution in [2.45, 2.75) is 11.6 Å². The molecular formula is C24H21N5O3S. The lowest BCUT2D eigenvalue weighted by Crippen LogP contribution is -2.33. The van der Waals surface area contributed by atoms with Crippen LogP contribution < -0.4 is 9.64 Å². The Morgan fingerprint density at radius 3 is 2.64 bits per heavy atom. The van der Waals surface area contributed by atoms with Gasteiger partial charge in [-0.15, -0.1) is 10.2 Å². The number of hydrogen-bond acceptors (Lipinski definition) is 7. The lowest BCUT2D eigenvalue weighted by Gasteiger charge is -2.23. The van der Waals surface area contributed by atoms with E-state index < -0.39 is 0 Å². The number of carbonyl (C=O) groups is 1. The number of furan rings is 1. The zero-order valence-electron chi connectivity index (χ0n) is 17.9. The van der Waals surface area contributed by atoms with E-state index in [0.717, 1.165) is 5.69 Å². The molecule has 0 fully saturated rings. The standard InChI is InChI=1S/C24H21N5O3S/c1-31-20-12-6-5-11-19(20)28(15-8-14-25)22(30)17-33-24-27-26-23(21-13-7-16-32-21)29(24)18-9-3-2-4-10-18/h2-7,9-13,16H,8,15,17H2,1H3. The highest BCUT2D eigenvalue weighted by atomic mass is 32.2. The van der Waals surface area contributed by atoms with Crippen LogP contribution in [-0.2, 0) is 4.79 Å². The van der Waals surface area contributed by atoms with Crippen molar-refractivity contribution in [2.75, 3.05) is 24.3 Å². The summed E-state index contributed by atoms with van der Waals surface area (Å²) < 4.78 is 12.8. The van der Waals surface area contributed by atoms with E-state index in [0.29, 0.717) is 28.2 Å². The van der Waals surface area contributed by atoms with Gasteiger partial charge >= 0.3 is 0 Å². The molecular weight excluding hydrogens is 438 g/mol. The van der Waals surface area contributed by atoms with Crippen LogP contribution in [0.4, 0.5) is 5.69 Å². The van der Waals surface area contributed by atoms with Gasteiger partial charge in [0.1, 0.15) is 5.75 Å². The third kappa shape index (κ3) is 4.91. The molecule has 0 N–H and O–H groups in total. The zero-order chi connectivity index (χ0) is 23.0. The molecule has 2 heterocycles. The molecule has 9 heteroatoms. The summed E-state index contributed by atoms with van der Waals surface area (Å²) in [4.78, 5) is 14.8. The van der Waals surface area contributed by atoms with Crippen LogP contribution in [-0.4, -0.2) is 40.1 Å². The molecule has 0 aliphatic carbocycles. The van der Waals surface area contributed by atoms with Crippen LogP contribution in [0.25, 0.3) is 17.3 Å². The molecule has 4 rings (SSSR count). The highest BCUT2D eigenvalue weighted by Gasteiger charge is 2.22. The first-order valence-electron chi connectivity index (χ1n) is 10.2. The van der Waals surface area contributed by atoms with Crippen molar-refractivity contribution in [3.63, 3.8) is 0 Å². The van der Waals surface area contributed by atoms with Crippen molar-refractivity contribution < 1.29 is 13.9 Å². The summed E-state index contributed by atoms with van der Waals surface area (Å²) >= 11 is 1.27. The van der Waals surface area contributed by atoms with Crippen molar-refractivity contribution >= 4 is 23.4 Å². The number of amides is 1. The van der Waals surface area contributed by atoms with Gasteiger partial charge < -0.3 is 14.1 Å². The number of para-hydroxylation sites is 3. The maximum absolute atomic E-state index is 13.2. The predicted molar refractivity (Wildman–Crippen MR) is 125 cm³/mol. The quantitative estimate of drug-likeness (QED) is 0.338. The van der Waals surface area contributed by atoms with E-state index in [1.807, 2.05) is 53.1 Å². The van der Waals surface area contributed by atoms with E-state index in [9.17, 15) is 4.79 Å². The summed E-state index contributed by atoms with van der Waals surface area (Å²) in [6, 6.07) is 22.6. The molecule has 0 bridgehead atoms. The van der Waals surface area contributed by atoms with E-state index >= 15 is 0 Å². The van der Waals surface area contributed by atoms with Crippen molar-refractivity contribution in [2.24, 2.45) is 0 Å². The number of carbonyl (C=O) groups excluding carboxylic acids is 1. The minimum Gasteiger partial charge on any atom is -0.495 e. The van der Waals surface area contributed by atoms with Gasteiger partial charge in [0.05, 0.1) is 37.3 Å². The maximum atomic E-state index is 13.2. The minimum atomic E-state index is -0.165. The molecule has 166 valence electrons. The molecule has 0 saturated carbocycles. The van der Waals surface area contributed by atoms with Gasteiger partial charge in [-0.05, 0) is 36.4 Å². The molecule has 1 amide bonds. The fourth-order valence-electron chi connectivity index (χ4n) is 3.34. The van der Waals surface area contributed by atoms with Crippen LogP contribution in [0.1, 0.15) is 6.42 Å². The fourth-order valence-corrected chi connectivity index (χ4v) is 4.16. The molecule has 33 heavy (non-hydrogen) atoms. The fraction of sp³-hybridized carbons (Fsp3) is 0.167. The van der Waals surface area contributed by atoms with E-state index in [1.165, 1.54) is 11.8 Å². The number of anilines is 1. The molecule has 0 aliphatic heterocycles. The van der Waals surface area contributed by atoms with Gasteiger partial charge in [-0.2, -0.15) is 5.26 Å². The largest absolute Gasteiger partial charge is 0.495 e. The number of nitriles is 1. The van der Waals surface area contributed by atoms with Gasteiger partial charge in [0, 0.05) is 12.2 Å². The van der Waals surface area contributed by atoms with Crippen LogP contribution in [0.5, 0.6) is 5.75 Å². The Bertz CT molecular complexity index is 1250. The minimum absolute atomic E-state index is 0.104. The Hall–Kier alpha value is -4.03. The summed E-state index contributed by atoms with van der Waals surface area (Å²) in [5.41, 5.74) is 1.48. The van der Waals surface area contributed by atoms with Gasteiger partial charge in [-0.3, -0.25) is 9.36 Å². The molecule has 0 saturated heterocycles. The van der Waals surface area contributed by atoms with E-state index in [1.54, 1.807) is 36.5 Å². The monoisotopic (exact) mass is 459 g/mol. The second-order valence-corrected chi connectivity index (χ2v) is 7.81.